The van der Waals surface area contributed by atoms with Crippen LogP contribution in [-0.2, 0) is 19.1 Å². The third-order valence-electron chi connectivity index (χ3n) is 4.79. The molecule has 0 aliphatic heterocycles. The molecule has 0 spiro atoms. The lowest BCUT2D eigenvalue weighted by Gasteiger charge is -2.23. The minimum Gasteiger partial charge on any atom is -0.465 e. The number of nitrogens with zero attached hydrogens (tertiary/aromatic N) is 1. The summed E-state index contributed by atoms with van der Waals surface area (Å²) >= 11 is 7.46. The van der Waals surface area contributed by atoms with Gasteiger partial charge in [-0.2, -0.15) is 0 Å². The molecule has 4 aromatic rings. The number of carbonyl (C=O) groups is 2. The molecule has 0 aliphatic rings. The van der Waals surface area contributed by atoms with Gasteiger partial charge in [-0.25, -0.2) is 4.98 Å². The molecule has 7 nitrogen and oxygen atoms in total. The molecular formula is C23H21ClN2O5S. The first kappa shape index (κ1) is 22.1. The Bertz CT molecular complexity index is 1220. The van der Waals surface area contributed by atoms with Gasteiger partial charge >= 0.3 is 11.9 Å². The lowest BCUT2D eigenvalue weighted by atomic mass is 9.97. The van der Waals surface area contributed by atoms with Gasteiger partial charge in [0.05, 0.1) is 23.4 Å². The number of ether oxygens (including phenoxy) is 2. The molecule has 2 aromatic heterocycles. The van der Waals surface area contributed by atoms with E-state index in [0.29, 0.717) is 21.5 Å². The van der Waals surface area contributed by atoms with Gasteiger partial charge in [-0.15, -0.1) is 0 Å². The number of halogens is 1. The number of anilines is 1. The molecule has 0 saturated carbocycles. The zero-order chi connectivity index (χ0) is 22.7. The lowest BCUT2D eigenvalue weighted by molar-refractivity contribution is -0.162. The molecule has 0 amide bonds. The molecule has 0 bridgehead atoms. The van der Waals surface area contributed by atoms with Gasteiger partial charge in [0, 0.05) is 10.4 Å². The standard InChI is InChI=1S/C23H21ClN2O5S/c1-3-29-21(27)19(22(28)30-4-2)20(17-11-13-7-5-6-8-16(13)31-17)26-23-25-15-10-9-14(24)12-18(15)32-23/h5-12,19-20H,3-4H2,1-2H3,(H,25,26). The SMILES string of the molecule is CCOC(=O)C(C(=O)OCC)C(Nc1nc2ccc(Cl)cc2s1)c1cc2ccccc2o1. The Balaban J connectivity index is 1.79. The normalized spacial score (nSPS) is 12.2. The van der Waals surface area contributed by atoms with Crippen LogP contribution in [0.5, 0.6) is 0 Å². The molecule has 1 atom stereocenters. The van der Waals surface area contributed by atoms with Gasteiger partial charge in [0.25, 0.3) is 0 Å². The fourth-order valence-corrected chi connectivity index (χ4v) is 4.58. The van der Waals surface area contributed by atoms with Gasteiger partial charge in [-0.05, 0) is 44.2 Å². The number of esters is 2. The molecule has 1 unspecified atom stereocenters. The first-order chi connectivity index (χ1) is 15.5. The number of carbonyl (C=O) groups excluding carboxylic acids is 2. The van der Waals surface area contributed by atoms with Crippen molar-refractivity contribution < 1.29 is 23.5 Å². The van der Waals surface area contributed by atoms with Crippen LogP contribution < -0.4 is 5.32 Å². The zero-order valence-corrected chi connectivity index (χ0v) is 19.0. The molecule has 9 heteroatoms. The summed E-state index contributed by atoms with van der Waals surface area (Å²) in [6.07, 6.45) is 0. The predicted molar refractivity (Wildman–Crippen MR) is 124 cm³/mol. The molecule has 0 aliphatic carbocycles. The summed E-state index contributed by atoms with van der Waals surface area (Å²) in [6, 6.07) is 13.7. The Labute approximate surface area is 193 Å². The molecule has 166 valence electrons. The van der Waals surface area contributed by atoms with E-state index in [4.69, 9.17) is 25.5 Å². The van der Waals surface area contributed by atoms with E-state index in [-0.39, 0.29) is 13.2 Å². The van der Waals surface area contributed by atoms with Crippen LogP contribution in [0.2, 0.25) is 5.02 Å². The highest BCUT2D eigenvalue weighted by molar-refractivity contribution is 7.22. The topological polar surface area (TPSA) is 90.7 Å². The number of hydrogen-bond acceptors (Lipinski definition) is 8. The molecular weight excluding hydrogens is 452 g/mol. The smallest absolute Gasteiger partial charge is 0.322 e. The number of aromatic nitrogens is 1. The van der Waals surface area contributed by atoms with Gasteiger partial charge in [0.1, 0.15) is 17.4 Å². The summed E-state index contributed by atoms with van der Waals surface area (Å²) in [6.45, 7) is 3.62. The molecule has 2 aromatic carbocycles. The minimum atomic E-state index is -1.29. The number of rotatable bonds is 8. The number of thiazole rings is 1. The monoisotopic (exact) mass is 472 g/mol. The van der Waals surface area contributed by atoms with Crippen molar-refractivity contribution in [2.24, 2.45) is 5.92 Å². The summed E-state index contributed by atoms with van der Waals surface area (Å²) in [7, 11) is 0. The van der Waals surface area contributed by atoms with E-state index in [9.17, 15) is 9.59 Å². The van der Waals surface area contributed by atoms with E-state index >= 15 is 0 Å². The van der Waals surface area contributed by atoms with Crippen molar-refractivity contribution in [3.8, 4) is 0 Å². The molecule has 0 radical (unpaired) electrons. The Kier molecular flexibility index (Phi) is 6.62. The summed E-state index contributed by atoms with van der Waals surface area (Å²) in [5.41, 5.74) is 1.38. The number of nitrogens with one attached hydrogen (secondary N) is 1. The van der Waals surface area contributed by atoms with Crippen LogP contribution in [-0.4, -0.2) is 30.1 Å². The van der Waals surface area contributed by atoms with Gasteiger partial charge in [-0.1, -0.05) is 41.1 Å². The molecule has 2 heterocycles. The number of hydrogen-bond donors (Lipinski definition) is 1. The maximum Gasteiger partial charge on any atom is 0.322 e. The number of benzene rings is 2. The molecule has 4 rings (SSSR count). The first-order valence-electron chi connectivity index (χ1n) is 10.1. The maximum absolute atomic E-state index is 12.9. The lowest BCUT2D eigenvalue weighted by Crippen LogP contribution is -2.36. The second kappa shape index (κ2) is 9.58. The molecule has 0 saturated heterocycles. The van der Waals surface area contributed by atoms with E-state index < -0.39 is 23.9 Å². The van der Waals surface area contributed by atoms with Gasteiger partial charge < -0.3 is 19.2 Å². The van der Waals surface area contributed by atoms with E-state index in [1.54, 1.807) is 26.0 Å². The first-order valence-corrected chi connectivity index (χ1v) is 11.3. The Morgan fingerprint density at radius 1 is 1.09 bits per heavy atom. The highest BCUT2D eigenvalue weighted by atomic mass is 35.5. The zero-order valence-electron chi connectivity index (χ0n) is 17.5. The Hall–Kier alpha value is -3.10. The van der Waals surface area contributed by atoms with Crippen molar-refractivity contribution in [3.05, 3.63) is 59.3 Å². The van der Waals surface area contributed by atoms with Gasteiger partial charge in [0.2, 0.25) is 0 Å². The summed E-state index contributed by atoms with van der Waals surface area (Å²) < 4.78 is 17.3. The molecule has 32 heavy (non-hydrogen) atoms. The summed E-state index contributed by atoms with van der Waals surface area (Å²) in [5, 5.41) is 5.16. The molecule has 0 fully saturated rings. The van der Waals surface area contributed by atoms with Crippen LogP contribution >= 0.6 is 22.9 Å². The summed E-state index contributed by atoms with van der Waals surface area (Å²) in [4.78, 5) is 30.3. The van der Waals surface area contributed by atoms with Crippen LogP contribution in [0.3, 0.4) is 0 Å². The van der Waals surface area contributed by atoms with Crippen LogP contribution in [0, 0.1) is 5.92 Å². The third kappa shape index (κ3) is 4.56. The van der Waals surface area contributed by atoms with Crippen molar-refractivity contribution in [2.75, 3.05) is 18.5 Å². The Morgan fingerprint density at radius 3 is 2.50 bits per heavy atom. The highest BCUT2D eigenvalue weighted by Crippen LogP contribution is 2.36. The second-order valence-electron chi connectivity index (χ2n) is 6.92. The quantitative estimate of drug-likeness (QED) is 0.264. The largest absolute Gasteiger partial charge is 0.465 e. The highest BCUT2D eigenvalue weighted by Gasteiger charge is 2.41. The predicted octanol–water partition coefficient (Wildman–Crippen LogP) is 5.59. The van der Waals surface area contributed by atoms with Gasteiger partial charge in [-0.3, -0.25) is 9.59 Å². The van der Waals surface area contributed by atoms with E-state index in [1.165, 1.54) is 11.3 Å². The average Bonchev–Trinajstić information content (AvgIpc) is 3.36. The van der Waals surface area contributed by atoms with Crippen molar-refractivity contribution in [2.45, 2.75) is 19.9 Å². The Morgan fingerprint density at radius 2 is 1.81 bits per heavy atom. The van der Waals surface area contributed by atoms with Gasteiger partial charge in [0.15, 0.2) is 11.0 Å². The van der Waals surface area contributed by atoms with Crippen molar-refractivity contribution >= 4 is 61.2 Å². The number of fused-ring (bicyclic) bond motifs is 2. The number of para-hydroxylation sites is 1. The molecule has 1 N–H and O–H groups in total. The van der Waals surface area contributed by atoms with Crippen LogP contribution in [0.25, 0.3) is 21.2 Å². The minimum absolute atomic E-state index is 0.126. The van der Waals surface area contributed by atoms with Crippen LogP contribution in [0.15, 0.2) is 52.9 Å². The fraction of sp³-hybridized carbons (Fsp3) is 0.261. The average molecular weight is 473 g/mol. The van der Waals surface area contributed by atoms with Crippen LogP contribution in [0.1, 0.15) is 25.6 Å². The van der Waals surface area contributed by atoms with Crippen molar-refractivity contribution in [1.82, 2.24) is 4.98 Å². The van der Waals surface area contributed by atoms with Crippen molar-refractivity contribution in [1.29, 1.82) is 0 Å². The van der Waals surface area contributed by atoms with E-state index in [2.05, 4.69) is 10.3 Å². The third-order valence-corrected chi connectivity index (χ3v) is 5.98. The number of furan rings is 1. The van der Waals surface area contributed by atoms with E-state index in [0.717, 1.165) is 15.6 Å². The second-order valence-corrected chi connectivity index (χ2v) is 8.39. The summed E-state index contributed by atoms with van der Waals surface area (Å²) in [5.74, 6) is -2.29. The van der Waals surface area contributed by atoms with Crippen LogP contribution in [0.4, 0.5) is 5.13 Å². The van der Waals surface area contributed by atoms with Crippen molar-refractivity contribution in [3.63, 3.8) is 0 Å². The fourth-order valence-electron chi connectivity index (χ4n) is 3.40. The van der Waals surface area contributed by atoms with E-state index in [1.807, 2.05) is 36.4 Å². The maximum atomic E-state index is 12.9.